The first kappa shape index (κ1) is 17.9. The van der Waals surface area contributed by atoms with E-state index in [1.807, 2.05) is 31.2 Å². The van der Waals surface area contributed by atoms with Crippen molar-refractivity contribution in [3.8, 4) is 11.4 Å². The van der Waals surface area contributed by atoms with Crippen molar-refractivity contribution in [1.82, 2.24) is 9.78 Å². The SMILES string of the molecule is CCOc1ccc(C(=O)Nc2c3c(nn2-c2cccc(Cl)c2)CSC3)cc1. The fourth-order valence-corrected chi connectivity index (χ4v) is 4.20. The van der Waals surface area contributed by atoms with Crippen LogP contribution in [0, 0.1) is 0 Å². The predicted molar refractivity (Wildman–Crippen MR) is 109 cm³/mol. The molecular weight excluding hydrogens is 382 g/mol. The van der Waals surface area contributed by atoms with Gasteiger partial charge in [-0.05, 0) is 49.4 Å². The highest BCUT2D eigenvalue weighted by atomic mass is 35.5. The summed E-state index contributed by atoms with van der Waals surface area (Å²) in [6.07, 6.45) is 0. The van der Waals surface area contributed by atoms with Crippen molar-refractivity contribution in [1.29, 1.82) is 0 Å². The first-order valence-electron chi connectivity index (χ1n) is 8.64. The molecule has 0 spiro atoms. The Morgan fingerprint density at radius 2 is 2.07 bits per heavy atom. The lowest BCUT2D eigenvalue weighted by Gasteiger charge is -2.12. The predicted octanol–water partition coefficient (Wildman–Crippen LogP) is 4.92. The lowest BCUT2D eigenvalue weighted by molar-refractivity contribution is 0.102. The van der Waals surface area contributed by atoms with Crippen LogP contribution >= 0.6 is 23.4 Å². The maximum atomic E-state index is 12.8. The van der Waals surface area contributed by atoms with Crippen LogP contribution < -0.4 is 10.1 Å². The van der Waals surface area contributed by atoms with Gasteiger partial charge >= 0.3 is 0 Å². The van der Waals surface area contributed by atoms with Gasteiger partial charge in [-0.1, -0.05) is 17.7 Å². The third kappa shape index (κ3) is 3.68. The maximum Gasteiger partial charge on any atom is 0.256 e. The summed E-state index contributed by atoms with van der Waals surface area (Å²) in [6, 6.07) is 14.6. The van der Waals surface area contributed by atoms with Crippen molar-refractivity contribution in [2.45, 2.75) is 18.4 Å². The van der Waals surface area contributed by atoms with Gasteiger partial charge in [0.25, 0.3) is 5.91 Å². The first-order valence-corrected chi connectivity index (χ1v) is 10.2. The number of hydrogen-bond acceptors (Lipinski definition) is 4. The smallest absolute Gasteiger partial charge is 0.256 e. The molecule has 0 radical (unpaired) electrons. The van der Waals surface area contributed by atoms with Crippen LogP contribution in [0.15, 0.2) is 48.5 Å². The standard InChI is InChI=1S/C20H18ClN3O2S/c1-2-26-16-8-6-13(7-9-16)20(25)22-19-17-11-27-12-18(17)23-24(19)15-5-3-4-14(21)10-15/h3-10H,2,11-12H2,1H3,(H,22,25). The van der Waals surface area contributed by atoms with Gasteiger partial charge < -0.3 is 10.1 Å². The van der Waals surface area contributed by atoms with Crippen molar-refractivity contribution in [3.63, 3.8) is 0 Å². The molecule has 0 saturated carbocycles. The number of aromatic nitrogens is 2. The number of ether oxygens (including phenoxy) is 1. The highest BCUT2D eigenvalue weighted by Gasteiger charge is 2.25. The molecule has 0 unspecified atom stereocenters. The molecule has 3 aromatic rings. The lowest BCUT2D eigenvalue weighted by Crippen LogP contribution is -2.16. The molecule has 27 heavy (non-hydrogen) atoms. The summed E-state index contributed by atoms with van der Waals surface area (Å²) in [5.41, 5.74) is 3.46. The van der Waals surface area contributed by atoms with E-state index in [2.05, 4.69) is 10.4 Å². The van der Waals surface area contributed by atoms with E-state index in [1.165, 1.54) is 0 Å². The molecule has 138 valence electrons. The van der Waals surface area contributed by atoms with E-state index in [4.69, 9.17) is 16.3 Å². The fraction of sp³-hybridized carbons (Fsp3) is 0.200. The Morgan fingerprint density at radius 3 is 2.81 bits per heavy atom. The number of carbonyl (C=O) groups excluding carboxylic acids is 1. The Hall–Kier alpha value is -2.44. The van der Waals surface area contributed by atoms with Gasteiger partial charge in [0.05, 0.1) is 18.0 Å². The van der Waals surface area contributed by atoms with Gasteiger partial charge in [-0.25, -0.2) is 4.68 Å². The van der Waals surface area contributed by atoms with E-state index in [1.54, 1.807) is 40.7 Å². The number of nitrogens with zero attached hydrogens (tertiary/aromatic N) is 2. The number of amides is 1. The van der Waals surface area contributed by atoms with E-state index < -0.39 is 0 Å². The zero-order chi connectivity index (χ0) is 18.8. The van der Waals surface area contributed by atoms with Gasteiger partial charge in [0.1, 0.15) is 11.6 Å². The van der Waals surface area contributed by atoms with Crippen molar-refractivity contribution >= 4 is 35.1 Å². The second kappa shape index (κ2) is 7.66. The topological polar surface area (TPSA) is 56.1 Å². The summed E-state index contributed by atoms with van der Waals surface area (Å²) in [5, 5.41) is 8.36. The Balaban J connectivity index is 1.66. The molecule has 1 amide bonds. The Bertz CT molecular complexity index is 985. The van der Waals surface area contributed by atoms with Crippen LogP contribution in [0.2, 0.25) is 5.02 Å². The molecule has 0 aliphatic carbocycles. The van der Waals surface area contributed by atoms with Crippen molar-refractivity contribution in [2.24, 2.45) is 0 Å². The molecule has 7 heteroatoms. The quantitative estimate of drug-likeness (QED) is 0.661. The number of anilines is 1. The Morgan fingerprint density at radius 1 is 1.26 bits per heavy atom. The fourth-order valence-electron chi connectivity index (χ4n) is 2.98. The Labute approximate surface area is 166 Å². The van der Waals surface area contributed by atoms with Gasteiger partial charge in [-0.15, -0.1) is 0 Å². The van der Waals surface area contributed by atoms with Crippen LogP contribution in [0.25, 0.3) is 5.69 Å². The molecule has 0 bridgehead atoms. The normalized spacial score (nSPS) is 12.7. The summed E-state index contributed by atoms with van der Waals surface area (Å²) >= 11 is 7.93. The van der Waals surface area contributed by atoms with Crippen LogP contribution in [0.4, 0.5) is 5.82 Å². The summed E-state index contributed by atoms with van der Waals surface area (Å²) < 4.78 is 7.20. The largest absolute Gasteiger partial charge is 0.494 e. The number of nitrogens with one attached hydrogen (secondary N) is 1. The van der Waals surface area contributed by atoms with E-state index >= 15 is 0 Å². The monoisotopic (exact) mass is 399 g/mol. The molecule has 2 aromatic carbocycles. The zero-order valence-corrected chi connectivity index (χ0v) is 16.3. The minimum absolute atomic E-state index is 0.180. The van der Waals surface area contributed by atoms with Gasteiger partial charge in [0, 0.05) is 27.7 Å². The minimum atomic E-state index is -0.180. The van der Waals surface area contributed by atoms with Crippen LogP contribution in [-0.4, -0.2) is 22.3 Å². The molecule has 0 saturated heterocycles. The maximum absolute atomic E-state index is 12.8. The molecule has 4 rings (SSSR count). The van der Waals surface area contributed by atoms with Crippen LogP contribution in [0.1, 0.15) is 28.5 Å². The van der Waals surface area contributed by atoms with Gasteiger partial charge in [0.15, 0.2) is 0 Å². The van der Waals surface area contributed by atoms with Gasteiger partial charge in [-0.3, -0.25) is 4.79 Å². The van der Waals surface area contributed by atoms with Crippen molar-refractivity contribution < 1.29 is 9.53 Å². The Kier molecular flexibility index (Phi) is 5.09. The van der Waals surface area contributed by atoms with Crippen LogP contribution in [-0.2, 0) is 11.5 Å². The average Bonchev–Trinajstić information content (AvgIpc) is 3.25. The summed E-state index contributed by atoms with van der Waals surface area (Å²) in [5.74, 6) is 2.94. The molecule has 0 fully saturated rings. The molecule has 2 heterocycles. The number of hydrogen-bond donors (Lipinski definition) is 1. The van der Waals surface area contributed by atoms with Crippen molar-refractivity contribution in [3.05, 3.63) is 70.4 Å². The van der Waals surface area contributed by atoms with E-state index in [-0.39, 0.29) is 5.91 Å². The van der Waals surface area contributed by atoms with Gasteiger partial charge in [0.2, 0.25) is 0 Å². The first-order chi connectivity index (χ1) is 13.2. The number of benzene rings is 2. The van der Waals surface area contributed by atoms with E-state index in [9.17, 15) is 4.79 Å². The second-order valence-corrected chi connectivity index (χ2v) is 7.49. The third-order valence-electron chi connectivity index (χ3n) is 4.26. The third-order valence-corrected chi connectivity index (χ3v) is 5.47. The van der Waals surface area contributed by atoms with Crippen molar-refractivity contribution in [2.75, 3.05) is 11.9 Å². The molecule has 1 aliphatic heterocycles. The van der Waals surface area contributed by atoms with Gasteiger partial charge in [-0.2, -0.15) is 16.9 Å². The second-order valence-electron chi connectivity index (χ2n) is 6.07. The summed E-state index contributed by atoms with van der Waals surface area (Å²) in [7, 11) is 0. The molecule has 1 aliphatic rings. The van der Waals surface area contributed by atoms with E-state index in [0.717, 1.165) is 34.2 Å². The molecular formula is C20H18ClN3O2S. The zero-order valence-electron chi connectivity index (χ0n) is 14.7. The number of carbonyl (C=O) groups is 1. The lowest BCUT2D eigenvalue weighted by atomic mass is 10.2. The van der Waals surface area contributed by atoms with Crippen LogP contribution in [0.3, 0.4) is 0 Å². The molecule has 1 N–H and O–H groups in total. The number of rotatable bonds is 5. The highest BCUT2D eigenvalue weighted by Crippen LogP contribution is 2.36. The molecule has 5 nitrogen and oxygen atoms in total. The highest BCUT2D eigenvalue weighted by molar-refractivity contribution is 7.98. The summed E-state index contributed by atoms with van der Waals surface area (Å²) in [6.45, 7) is 2.52. The van der Waals surface area contributed by atoms with Crippen LogP contribution in [0.5, 0.6) is 5.75 Å². The number of fused-ring (bicyclic) bond motifs is 1. The number of halogens is 1. The molecule has 0 atom stereocenters. The minimum Gasteiger partial charge on any atom is -0.494 e. The molecule has 1 aromatic heterocycles. The summed E-state index contributed by atoms with van der Waals surface area (Å²) in [4.78, 5) is 12.8. The number of thioether (sulfide) groups is 1. The van der Waals surface area contributed by atoms with E-state index in [0.29, 0.717) is 23.0 Å². The average molecular weight is 400 g/mol.